The highest BCUT2D eigenvalue weighted by molar-refractivity contribution is 5.97. The molecule has 0 aromatic heterocycles. The maximum atomic E-state index is 12.5. The minimum Gasteiger partial charge on any atom is -0.376 e. The van der Waals surface area contributed by atoms with E-state index in [4.69, 9.17) is 0 Å². The van der Waals surface area contributed by atoms with Gasteiger partial charge in [0.25, 0.3) is 11.8 Å². The van der Waals surface area contributed by atoms with E-state index in [0.717, 1.165) is 12.0 Å². The lowest BCUT2D eigenvalue weighted by atomic mass is 10.1. The smallest absolute Gasteiger partial charge is 0.251 e. The van der Waals surface area contributed by atoms with Gasteiger partial charge in [-0.25, -0.2) is 0 Å². The van der Waals surface area contributed by atoms with Crippen LogP contribution in [0.15, 0.2) is 78.9 Å². The Morgan fingerprint density at radius 3 is 2.11 bits per heavy atom. The van der Waals surface area contributed by atoms with Gasteiger partial charge in [-0.05, 0) is 68.3 Å². The SMILES string of the molecule is CCC(C)NC(=O)c1cccc(NCC(=O)Nc2ccc(C(=O)NC(C)c3ccccc3)cc2)c1. The summed E-state index contributed by atoms with van der Waals surface area (Å²) in [7, 11) is 0. The number of carbonyl (C=O) groups is 3. The Labute approximate surface area is 206 Å². The zero-order valence-electron chi connectivity index (χ0n) is 20.3. The topological polar surface area (TPSA) is 99.3 Å². The molecule has 0 heterocycles. The van der Waals surface area contributed by atoms with Crippen LogP contribution in [0, 0.1) is 0 Å². The van der Waals surface area contributed by atoms with Crippen molar-refractivity contribution in [3.05, 3.63) is 95.6 Å². The summed E-state index contributed by atoms with van der Waals surface area (Å²) in [6, 6.07) is 23.5. The summed E-state index contributed by atoms with van der Waals surface area (Å²) in [4.78, 5) is 37.2. The molecule has 3 rings (SSSR count). The van der Waals surface area contributed by atoms with Gasteiger partial charge >= 0.3 is 0 Å². The van der Waals surface area contributed by atoms with Crippen LogP contribution in [0.5, 0.6) is 0 Å². The van der Waals surface area contributed by atoms with E-state index in [1.165, 1.54) is 0 Å². The van der Waals surface area contributed by atoms with Crippen molar-refractivity contribution in [2.24, 2.45) is 0 Å². The molecule has 0 aliphatic carbocycles. The molecule has 3 aromatic rings. The summed E-state index contributed by atoms with van der Waals surface area (Å²) >= 11 is 0. The van der Waals surface area contributed by atoms with Crippen molar-refractivity contribution >= 4 is 29.1 Å². The number of hydrogen-bond donors (Lipinski definition) is 4. The molecule has 3 aromatic carbocycles. The lowest BCUT2D eigenvalue weighted by molar-refractivity contribution is -0.114. The molecule has 0 aliphatic heterocycles. The first-order valence-electron chi connectivity index (χ1n) is 11.8. The van der Waals surface area contributed by atoms with Gasteiger partial charge in [0.1, 0.15) is 0 Å². The van der Waals surface area contributed by atoms with Crippen LogP contribution < -0.4 is 21.3 Å². The number of nitrogens with one attached hydrogen (secondary N) is 4. The molecular formula is C28H32N4O3. The van der Waals surface area contributed by atoms with E-state index in [1.807, 2.05) is 51.1 Å². The number of amides is 3. The molecule has 2 atom stereocenters. The molecule has 0 bridgehead atoms. The Morgan fingerprint density at radius 1 is 0.743 bits per heavy atom. The van der Waals surface area contributed by atoms with E-state index in [-0.39, 0.29) is 36.3 Å². The highest BCUT2D eigenvalue weighted by atomic mass is 16.2. The van der Waals surface area contributed by atoms with Crippen LogP contribution in [-0.4, -0.2) is 30.3 Å². The Balaban J connectivity index is 1.49. The van der Waals surface area contributed by atoms with Crippen LogP contribution in [0.25, 0.3) is 0 Å². The van der Waals surface area contributed by atoms with E-state index in [0.29, 0.717) is 22.5 Å². The Kier molecular flexibility index (Phi) is 9.01. The first-order chi connectivity index (χ1) is 16.9. The van der Waals surface area contributed by atoms with Gasteiger partial charge in [0.05, 0.1) is 12.6 Å². The molecule has 0 aliphatic rings. The maximum Gasteiger partial charge on any atom is 0.251 e. The highest BCUT2D eigenvalue weighted by Gasteiger charge is 2.12. The van der Waals surface area contributed by atoms with Gasteiger partial charge in [-0.2, -0.15) is 0 Å². The van der Waals surface area contributed by atoms with Gasteiger partial charge in [0.15, 0.2) is 0 Å². The second-order valence-electron chi connectivity index (χ2n) is 8.45. The van der Waals surface area contributed by atoms with Crippen LogP contribution in [0.4, 0.5) is 11.4 Å². The molecule has 35 heavy (non-hydrogen) atoms. The quantitative estimate of drug-likeness (QED) is 0.342. The zero-order chi connectivity index (χ0) is 25.2. The van der Waals surface area contributed by atoms with Crippen molar-refractivity contribution in [2.75, 3.05) is 17.2 Å². The third kappa shape index (κ3) is 7.71. The van der Waals surface area contributed by atoms with Crippen LogP contribution in [0.3, 0.4) is 0 Å². The van der Waals surface area contributed by atoms with E-state index < -0.39 is 0 Å². The third-order valence-electron chi connectivity index (χ3n) is 5.65. The fourth-order valence-corrected chi connectivity index (χ4v) is 3.38. The standard InChI is InChI=1S/C28H32N4O3/c1-4-19(2)30-28(35)23-11-8-12-25(17-23)29-18-26(33)32-24-15-13-22(14-16-24)27(34)31-20(3)21-9-6-5-7-10-21/h5-17,19-20,29H,4,18H2,1-3H3,(H,30,35)(H,31,34)(H,32,33). The maximum absolute atomic E-state index is 12.5. The minimum atomic E-state index is -0.241. The molecule has 4 N–H and O–H groups in total. The van der Waals surface area contributed by atoms with Crippen molar-refractivity contribution in [1.29, 1.82) is 0 Å². The summed E-state index contributed by atoms with van der Waals surface area (Å²) in [5.74, 6) is -0.567. The number of hydrogen-bond acceptors (Lipinski definition) is 4. The number of rotatable bonds is 10. The molecule has 0 radical (unpaired) electrons. The average molecular weight is 473 g/mol. The Hall–Kier alpha value is -4.13. The summed E-state index contributed by atoms with van der Waals surface area (Å²) in [5, 5.41) is 11.7. The third-order valence-corrected chi connectivity index (χ3v) is 5.65. The van der Waals surface area contributed by atoms with E-state index in [9.17, 15) is 14.4 Å². The van der Waals surface area contributed by atoms with E-state index in [2.05, 4.69) is 21.3 Å². The highest BCUT2D eigenvalue weighted by Crippen LogP contribution is 2.15. The number of anilines is 2. The predicted molar refractivity (Wildman–Crippen MR) is 140 cm³/mol. The van der Waals surface area contributed by atoms with Crippen molar-refractivity contribution < 1.29 is 14.4 Å². The predicted octanol–water partition coefficient (Wildman–Crippen LogP) is 4.76. The first kappa shape index (κ1) is 25.5. The normalized spacial score (nSPS) is 12.2. The lowest BCUT2D eigenvalue weighted by Crippen LogP contribution is -2.31. The summed E-state index contributed by atoms with van der Waals surface area (Å²) in [6.07, 6.45) is 0.850. The molecule has 0 fully saturated rings. The molecule has 2 unspecified atom stereocenters. The first-order valence-corrected chi connectivity index (χ1v) is 11.8. The van der Waals surface area contributed by atoms with Crippen molar-refractivity contribution in [1.82, 2.24) is 10.6 Å². The second-order valence-corrected chi connectivity index (χ2v) is 8.45. The summed E-state index contributed by atoms with van der Waals surface area (Å²) in [5.41, 5.74) is 3.34. The molecule has 0 saturated carbocycles. The molecule has 7 nitrogen and oxygen atoms in total. The largest absolute Gasteiger partial charge is 0.376 e. The van der Waals surface area contributed by atoms with E-state index >= 15 is 0 Å². The monoisotopic (exact) mass is 472 g/mol. The van der Waals surface area contributed by atoms with Gasteiger partial charge in [-0.1, -0.05) is 43.3 Å². The van der Waals surface area contributed by atoms with Crippen LogP contribution in [-0.2, 0) is 4.79 Å². The van der Waals surface area contributed by atoms with Gasteiger partial charge in [0, 0.05) is 28.5 Å². The molecule has 0 saturated heterocycles. The zero-order valence-corrected chi connectivity index (χ0v) is 20.3. The van der Waals surface area contributed by atoms with E-state index in [1.54, 1.807) is 48.5 Å². The molecular weight excluding hydrogens is 440 g/mol. The van der Waals surface area contributed by atoms with Crippen LogP contribution in [0.1, 0.15) is 59.5 Å². The average Bonchev–Trinajstić information content (AvgIpc) is 2.88. The van der Waals surface area contributed by atoms with Crippen LogP contribution >= 0.6 is 0 Å². The Morgan fingerprint density at radius 2 is 1.43 bits per heavy atom. The van der Waals surface area contributed by atoms with Gasteiger partial charge in [-0.15, -0.1) is 0 Å². The van der Waals surface area contributed by atoms with Gasteiger partial charge in [0.2, 0.25) is 5.91 Å². The molecule has 7 heteroatoms. The lowest BCUT2D eigenvalue weighted by Gasteiger charge is -2.14. The summed E-state index contributed by atoms with van der Waals surface area (Å²) < 4.78 is 0. The molecule has 3 amide bonds. The van der Waals surface area contributed by atoms with Crippen molar-refractivity contribution in [3.63, 3.8) is 0 Å². The van der Waals surface area contributed by atoms with Crippen LogP contribution in [0.2, 0.25) is 0 Å². The Bertz CT molecular complexity index is 1150. The second kappa shape index (κ2) is 12.4. The van der Waals surface area contributed by atoms with Gasteiger partial charge < -0.3 is 21.3 Å². The van der Waals surface area contributed by atoms with Crippen molar-refractivity contribution in [2.45, 2.75) is 39.3 Å². The fourth-order valence-electron chi connectivity index (χ4n) is 3.38. The van der Waals surface area contributed by atoms with Gasteiger partial charge in [-0.3, -0.25) is 14.4 Å². The number of carbonyl (C=O) groups excluding carboxylic acids is 3. The summed E-state index contributed by atoms with van der Waals surface area (Å²) in [6.45, 7) is 5.93. The van der Waals surface area contributed by atoms with Crippen molar-refractivity contribution in [3.8, 4) is 0 Å². The fraction of sp³-hybridized carbons (Fsp3) is 0.250. The molecule has 0 spiro atoms. The molecule has 182 valence electrons. The minimum absolute atomic E-state index is 0.0350. The number of benzene rings is 3.